The summed E-state index contributed by atoms with van der Waals surface area (Å²) in [5, 5.41) is 10.1. The lowest BCUT2D eigenvalue weighted by Crippen LogP contribution is -2.21. The van der Waals surface area contributed by atoms with E-state index in [-0.39, 0.29) is 5.69 Å². The van der Waals surface area contributed by atoms with Crippen molar-refractivity contribution in [3.8, 4) is 0 Å². The Kier molecular flexibility index (Phi) is 2.60. The van der Waals surface area contributed by atoms with Gasteiger partial charge >= 0.3 is 5.69 Å². The number of hydrogen-bond donors (Lipinski definition) is 0. The van der Waals surface area contributed by atoms with Gasteiger partial charge in [-0.2, -0.15) is 5.10 Å². The Bertz CT molecular complexity index is 863. The van der Waals surface area contributed by atoms with Crippen molar-refractivity contribution in [2.75, 3.05) is 0 Å². The Morgan fingerprint density at radius 1 is 1.21 bits per heavy atom. The van der Waals surface area contributed by atoms with Gasteiger partial charge in [-0.05, 0) is 26.0 Å². The monoisotopic (exact) mass is 276 g/mol. The first kappa shape index (κ1) is 12.2. The predicted octanol–water partition coefficient (Wildman–Crippen LogP) is 2.26. The van der Waals surface area contributed by atoms with E-state index in [1.165, 1.54) is 0 Å². The third-order valence-corrected chi connectivity index (χ3v) is 3.78. The average Bonchev–Trinajstić information content (AvgIpc) is 2.65. The zero-order valence-corrected chi connectivity index (χ0v) is 11.7. The molecule has 0 saturated carbocycles. The third kappa shape index (κ3) is 1.58. The molecule has 0 saturated heterocycles. The molecule has 0 spiro atoms. The largest absolute Gasteiger partial charge is 0.328 e. The van der Waals surface area contributed by atoms with Crippen molar-refractivity contribution < 1.29 is 0 Å². The second-order valence-electron chi connectivity index (χ2n) is 4.55. The van der Waals surface area contributed by atoms with E-state index in [0.29, 0.717) is 11.7 Å². The van der Waals surface area contributed by atoms with E-state index in [1.807, 2.05) is 26.0 Å². The number of aryl methyl sites for hydroxylation is 3. The molecule has 0 radical (unpaired) electrons. The van der Waals surface area contributed by atoms with Crippen LogP contribution in [0.2, 0.25) is 5.15 Å². The summed E-state index contributed by atoms with van der Waals surface area (Å²) in [4.78, 5) is 12.1. The maximum absolute atomic E-state index is 12.1. The minimum absolute atomic E-state index is 0.0255. The number of hydrogen-bond acceptors (Lipinski definition) is 3. The normalized spacial score (nSPS) is 11.6. The molecule has 3 aromatic rings. The fraction of sp³-hybridized carbons (Fsp3) is 0.308. The molecular weight excluding hydrogens is 264 g/mol. The number of imidazole rings is 1. The summed E-state index contributed by atoms with van der Waals surface area (Å²) in [6.45, 7) is 4.45. The number of benzene rings is 1. The van der Waals surface area contributed by atoms with E-state index in [1.54, 1.807) is 16.2 Å². The molecule has 2 aromatic heterocycles. The van der Waals surface area contributed by atoms with Crippen LogP contribution in [0, 0.1) is 6.92 Å². The van der Waals surface area contributed by atoms with Crippen molar-refractivity contribution in [1.29, 1.82) is 0 Å². The second kappa shape index (κ2) is 4.06. The number of halogens is 1. The molecule has 3 rings (SSSR count). The third-order valence-electron chi connectivity index (χ3n) is 3.50. The molecule has 0 aliphatic rings. The van der Waals surface area contributed by atoms with Gasteiger partial charge in [0.25, 0.3) is 0 Å². The smallest absolute Gasteiger partial charge is 0.295 e. The lowest BCUT2D eigenvalue weighted by Gasteiger charge is -2.04. The molecule has 0 amide bonds. The minimum Gasteiger partial charge on any atom is -0.295 e. The molecule has 0 fully saturated rings. The summed E-state index contributed by atoms with van der Waals surface area (Å²) in [5.41, 5.74) is 2.53. The van der Waals surface area contributed by atoms with E-state index < -0.39 is 0 Å². The van der Waals surface area contributed by atoms with Crippen molar-refractivity contribution in [2.45, 2.75) is 20.4 Å². The maximum Gasteiger partial charge on any atom is 0.328 e. The number of aromatic nitrogens is 4. The first-order valence-corrected chi connectivity index (χ1v) is 6.44. The van der Waals surface area contributed by atoms with Crippen molar-refractivity contribution >= 4 is 33.4 Å². The molecule has 1 aromatic carbocycles. The summed E-state index contributed by atoms with van der Waals surface area (Å²) in [5.74, 6) is 0. The molecule has 0 N–H and O–H groups in total. The number of rotatable bonds is 1. The molecule has 0 aliphatic heterocycles. The predicted molar refractivity (Wildman–Crippen MR) is 75.7 cm³/mol. The van der Waals surface area contributed by atoms with Gasteiger partial charge < -0.3 is 0 Å². The van der Waals surface area contributed by atoms with Gasteiger partial charge in [0.2, 0.25) is 0 Å². The summed E-state index contributed by atoms with van der Waals surface area (Å²) in [6.07, 6.45) is 0. The molecule has 5 nitrogen and oxygen atoms in total. The van der Waals surface area contributed by atoms with Gasteiger partial charge in [0.15, 0.2) is 5.15 Å². The molecule has 0 unspecified atom stereocenters. The summed E-state index contributed by atoms with van der Waals surface area (Å²) >= 11 is 6.10. The van der Waals surface area contributed by atoms with Crippen LogP contribution in [0.15, 0.2) is 16.9 Å². The van der Waals surface area contributed by atoms with Crippen LogP contribution in [0.1, 0.15) is 12.6 Å². The highest BCUT2D eigenvalue weighted by atomic mass is 35.5. The summed E-state index contributed by atoms with van der Waals surface area (Å²) in [6, 6.07) is 3.87. The van der Waals surface area contributed by atoms with Crippen LogP contribution >= 0.6 is 11.6 Å². The topological polar surface area (TPSA) is 52.7 Å². The van der Waals surface area contributed by atoms with Gasteiger partial charge in [0.05, 0.1) is 16.7 Å². The van der Waals surface area contributed by atoms with Gasteiger partial charge in [-0.25, -0.2) is 4.79 Å². The zero-order valence-electron chi connectivity index (χ0n) is 10.9. The van der Waals surface area contributed by atoms with Gasteiger partial charge in [0, 0.05) is 24.4 Å². The summed E-state index contributed by atoms with van der Waals surface area (Å²) < 4.78 is 3.37. The summed E-state index contributed by atoms with van der Waals surface area (Å²) in [7, 11) is 1.77. The molecule has 0 aliphatic carbocycles. The van der Waals surface area contributed by atoms with Crippen molar-refractivity contribution in [3.05, 3.63) is 33.5 Å². The highest BCUT2D eigenvalue weighted by Crippen LogP contribution is 2.27. The minimum atomic E-state index is -0.0255. The molecule has 6 heteroatoms. The van der Waals surface area contributed by atoms with Crippen LogP contribution in [0.3, 0.4) is 0 Å². The number of nitrogens with zero attached hydrogens (tertiary/aromatic N) is 4. The lowest BCUT2D eigenvalue weighted by molar-refractivity contribution is 0.712. The van der Waals surface area contributed by atoms with E-state index in [2.05, 4.69) is 10.2 Å². The average molecular weight is 277 g/mol. The van der Waals surface area contributed by atoms with Crippen LogP contribution in [-0.4, -0.2) is 19.3 Å². The molecule has 98 valence electrons. The van der Waals surface area contributed by atoms with Crippen LogP contribution in [0.25, 0.3) is 21.8 Å². The lowest BCUT2D eigenvalue weighted by atomic mass is 10.1. The van der Waals surface area contributed by atoms with Crippen LogP contribution in [0.4, 0.5) is 0 Å². The van der Waals surface area contributed by atoms with Crippen LogP contribution in [0.5, 0.6) is 0 Å². The first-order valence-electron chi connectivity index (χ1n) is 6.06. The molecule has 0 bridgehead atoms. The first-order chi connectivity index (χ1) is 9.04. The quantitative estimate of drug-likeness (QED) is 0.685. The molecule has 2 heterocycles. The molecular formula is C13H13ClN4O. The Hall–Kier alpha value is -1.88. The standard InChI is InChI=1S/C13H13ClN4O/c1-4-18-11-6-9-8(7(2)15-16-12(9)14)5-10(11)17(3)13(18)19/h5-6H,4H2,1-3H3. The highest BCUT2D eigenvalue weighted by molar-refractivity contribution is 6.34. The Morgan fingerprint density at radius 3 is 2.58 bits per heavy atom. The van der Waals surface area contributed by atoms with E-state index >= 15 is 0 Å². The Labute approximate surface area is 114 Å². The van der Waals surface area contributed by atoms with Crippen molar-refractivity contribution in [3.63, 3.8) is 0 Å². The van der Waals surface area contributed by atoms with Gasteiger partial charge in [0.1, 0.15) is 0 Å². The van der Waals surface area contributed by atoms with Gasteiger partial charge in [-0.1, -0.05) is 11.6 Å². The maximum atomic E-state index is 12.1. The Morgan fingerprint density at radius 2 is 1.89 bits per heavy atom. The van der Waals surface area contributed by atoms with Crippen LogP contribution in [-0.2, 0) is 13.6 Å². The Balaban J connectivity index is 2.60. The van der Waals surface area contributed by atoms with Crippen molar-refractivity contribution in [2.24, 2.45) is 7.05 Å². The SMILES string of the molecule is CCn1c(=O)n(C)c2cc3c(C)nnc(Cl)c3cc21. The molecule has 0 atom stereocenters. The van der Waals surface area contributed by atoms with Gasteiger partial charge in [-0.15, -0.1) is 5.10 Å². The van der Waals surface area contributed by atoms with Gasteiger partial charge in [-0.3, -0.25) is 9.13 Å². The number of fused-ring (bicyclic) bond motifs is 2. The van der Waals surface area contributed by atoms with Crippen molar-refractivity contribution in [1.82, 2.24) is 19.3 Å². The fourth-order valence-electron chi connectivity index (χ4n) is 2.45. The molecule has 19 heavy (non-hydrogen) atoms. The zero-order chi connectivity index (χ0) is 13.7. The van der Waals surface area contributed by atoms with E-state index in [0.717, 1.165) is 27.5 Å². The van der Waals surface area contributed by atoms with E-state index in [4.69, 9.17) is 11.6 Å². The fourth-order valence-corrected chi connectivity index (χ4v) is 2.65. The van der Waals surface area contributed by atoms with Crippen LogP contribution < -0.4 is 5.69 Å². The van der Waals surface area contributed by atoms with E-state index in [9.17, 15) is 4.79 Å². The highest BCUT2D eigenvalue weighted by Gasteiger charge is 2.13. The second-order valence-corrected chi connectivity index (χ2v) is 4.91.